The van der Waals surface area contributed by atoms with Crippen LogP contribution in [0.25, 0.3) is 0 Å². The second kappa shape index (κ2) is 6.83. The maximum absolute atomic E-state index is 12.9. The van der Waals surface area contributed by atoms with Crippen molar-refractivity contribution in [3.63, 3.8) is 0 Å². The highest BCUT2D eigenvalue weighted by atomic mass is 19.3. The molecule has 102 valence electrons. The van der Waals surface area contributed by atoms with Crippen molar-refractivity contribution in [3.05, 3.63) is 34.4 Å². The molecule has 0 unspecified atom stereocenters. The lowest BCUT2D eigenvalue weighted by atomic mass is 9.95. The average Bonchev–Trinajstić information content (AvgIpc) is 2.37. The topological polar surface area (TPSA) is 50.1 Å². The van der Waals surface area contributed by atoms with Crippen LogP contribution >= 0.6 is 0 Å². The van der Waals surface area contributed by atoms with Gasteiger partial charge in [0.25, 0.3) is 6.43 Å². The van der Waals surface area contributed by atoms with Crippen molar-refractivity contribution in [3.8, 4) is 6.07 Å². The van der Waals surface area contributed by atoms with E-state index in [0.717, 1.165) is 0 Å². The molecule has 0 saturated carbocycles. The number of hydrogen-bond acceptors (Lipinski definition) is 3. The van der Waals surface area contributed by atoms with E-state index in [1.807, 2.05) is 0 Å². The van der Waals surface area contributed by atoms with Crippen LogP contribution in [0.5, 0.6) is 0 Å². The highest BCUT2D eigenvalue weighted by molar-refractivity contribution is 5.73. The van der Waals surface area contributed by atoms with E-state index in [0.29, 0.717) is 17.5 Å². The molecule has 0 fully saturated rings. The first kappa shape index (κ1) is 15.1. The fraction of sp³-hybridized carbons (Fsp3) is 0.429. The first-order valence-electron chi connectivity index (χ1n) is 6.03. The number of carbonyl (C=O) groups excluding carboxylic acids is 1. The summed E-state index contributed by atoms with van der Waals surface area (Å²) in [6.45, 7) is 3.69. The number of esters is 1. The number of ether oxygens (including phenoxy) is 1. The summed E-state index contributed by atoms with van der Waals surface area (Å²) in [5, 5.41) is 8.95. The van der Waals surface area contributed by atoms with E-state index in [4.69, 9.17) is 10.00 Å². The van der Waals surface area contributed by atoms with E-state index >= 15 is 0 Å². The van der Waals surface area contributed by atoms with Crippen molar-refractivity contribution in [1.82, 2.24) is 0 Å². The van der Waals surface area contributed by atoms with Crippen LogP contribution < -0.4 is 0 Å². The smallest absolute Gasteiger partial charge is 0.310 e. The summed E-state index contributed by atoms with van der Waals surface area (Å²) >= 11 is 0. The summed E-state index contributed by atoms with van der Waals surface area (Å²) in [6, 6.07) is 4.64. The van der Waals surface area contributed by atoms with Crippen LogP contribution in [0.1, 0.15) is 42.5 Å². The zero-order valence-electron chi connectivity index (χ0n) is 10.9. The summed E-state index contributed by atoms with van der Waals surface area (Å²) in [6.07, 6.45) is -2.33. The molecule has 0 radical (unpaired) electrons. The molecule has 0 atom stereocenters. The standard InChI is InChI=1S/C14H15F2NO2/c1-3-10-5-9(7-12(18)19-4-2)6-11(8-17)13(10)14(15)16/h5-6,14H,3-4,7H2,1-2H3. The highest BCUT2D eigenvalue weighted by Crippen LogP contribution is 2.28. The molecule has 0 amide bonds. The molecule has 1 rings (SSSR count). The van der Waals surface area contributed by atoms with E-state index < -0.39 is 12.4 Å². The third-order valence-corrected chi connectivity index (χ3v) is 2.70. The zero-order chi connectivity index (χ0) is 14.4. The van der Waals surface area contributed by atoms with Gasteiger partial charge in [-0.05, 0) is 30.5 Å². The number of aryl methyl sites for hydroxylation is 1. The molecular weight excluding hydrogens is 252 g/mol. The fourth-order valence-corrected chi connectivity index (χ4v) is 1.90. The SMILES string of the molecule is CCOC(=O)Cc1cc(C#N)c(C(F)F)c(CC)c1. The van der Waals surface area contributed by atoms with Gasteiger partial charge < -0.3 is 4.74 Å². The molecule has 0 heterocycles. The van der Waals surface area contributed by atoms with Crippen molar-refractivity contribution in [2.75, 3.05) is 6.61 Å². The second-order valence-electron chi connectivity index (χ2n) is 3.96. The normalized spacial score (nSPS) is 10.3. The lowest BCUT2D eigenvalue weighted by molar-refractivity contribution is -0.142. The van der Waals surface area contributed by atoms with Gasteiger partial charge in [0.15, 0.2) is 0 Å². The zero-order valence-corrected chi connectivity index (χ0v) is 10.9. The van der Waals surface area contributed by atoms with Crippen LogP contribution in [0.15, 0.2) is 12.1 Å². The summed E-state index contributed by atoms with van der Waals surface area (Å²) in [5.74, 6) is -0.432. The van der Waals surface area contributed by atoms with Crippen LogP contribution in [-0.2, 0) is 22.4 Å². The third-order valence-electron chi connectivity index (χ3n) is 2.70. The molecule has 19 heavy (non-hydrogen) atoms. The predicted octanol–water partition coefficient (Wildman–Crippen LogP) is 3.16. The quantitative estimate of drug-likeness (QED) is 0.770. The maximum Gasteiger partial charge on any atom is 0.310 e. The van der Waals surface area contributed by atoms with Crippen LogP contribution in [0.2, 0.25) is 0 Å². The van der Waals surface area contributed by atoms with Gasteiger partial charge in [0.1, 0.15) is 0 Å². The Kier molecular flexibility index (Phi) is 5.43. The van der Waals surface area contributed by atoms with E-state index in [1.54, 1.807) is 26.0 Å². The minimum atomic E-state index is -2.69. The number of alkyl halides is 2. The molecule has 1 aromatic rings. The molecular formula is C14H15F2NO2. The van der Waals surface area contributed by atoms with E-state index in [9.17, 15) is 13.6 Å². The van der Waals surface area contributed by atoms with Crippen LogP contribution in [0, 0.1) is 11.3 Å². The molecule has 0 aromatic heterocycles. The van der Waals surface area contributed by atoms with E-state index in [2.05, 4.69) is 0 Å². The summed E-state index contributed by atoms with van der Waals surface area (Å²) in [4.78, 5) is 11.4. The van der Waals surface area contributed by atoms with Gasteiger partial charge in [0.2, 0.25) is 0 Å². The van der Waals surface area contributed by atoms with Crippen LogP contribution in [-0.4, -0.2) is 12.6 Å². The number of halogens is 2. The number of carbonyl (C=O) groups is 1. The molecule has 0 saturated heterocycles. The Morgan fingerprint density at radius 1 is 1.42 bits per heavy atom. The number of benzene rings is 1. The van der Waals surface area contributed by atoms with Crippen LogP contribution in [0.3, 0.4) is 0 Å². The van der Waals surface area contributed by atoms with Gasteiger partial charge in [0.05, 0.1) is 24.7 Å². The van der Waals surface area contributed by atoms with E-state index in [-0.39, 0.29) is 24.2 Å². The van der Waals surface area contributed by atoms with Crippen molar-refractivity contribution in [2.45, 2.75) is 33.1 Å². The molecule has 3 nitrogen and oxygen atoms in total. The van der Waals surface area contributed by atoms with Gasteiger partial charge in [0, 0.05) is 5.56 Å². The second-order valence-corrected chi connectivity index (χ2v) is 3.96. The molecule has 0 N–H and O–H groups in total. The van der Waals surface area contributed by atoms with Gasteiger partial charge >= 0.3 is 5.97 Å². The van der Waals surface area contributed by atoms with Crippen molar-refractivity contribution >= 4 is 5.97 Å². The Labute approximate surface area is 110 Å². The molecule has 0 aliphatic heterocycles. The lowest BCUT2D eigenvalue weighted by Crippen LogP contribution is -2.09. The highest BCUT2D eigenvalue weighted by Gasteiger charge is 2.19. The van der Waals surface area contributed by atoms with Gasteiger partial charge in [-0.2, -0.15) is 5.26 Å². The average molecular weight is 267 g/mol. The van der Waals surface area contributed by atoms with Gasteiger partial charge in [-0.1, -0.05) is 13.0 Å². The Balaban J connectivity index is 3.17. The fourth-order valence-electron chi connectivity index (χ4n) is 1.90. The third kappa shape index (κ3) is 3.75. The number of nitrogens with zero attached hydrogens (tertiary/aromatic N) is 1. The van der Waals surface area contributed by atoms with Gasteiger partial charge in [-0.15, -0.1) is 0 Å². The van der Waals surface area contributed by atoms with Crippen molar-refractivity contribution < 1.29 is 18.3 Å². The molecule has 5 heteroatoms. The molecule has 0 bridgehead atoms. The Hall–Kier alpha value is -1.96. The van der Waals surface area contributed by atoms with Gasteiger partial charge in [-0.25, -0.2) is 8.78 Å². The summed E-state index contributed by atoms with van der Waals surface area (Å²) in [5.41, 5.74) is 0.607. The number of nitriles is 1. The molecule has 0 aliphatic carbocycles. The summed E-state index contributed by atoms with van der Waals surface area (Å²) < 4.78 is 30.7. The predicted molar refractivity (Wildman–Crippen MR) is 65.8 cm³/mol. The van der Waals surface area contributed by atoms with Crippen LogP contribution in [0.4, 0.5) is 8.78 Å². The summed E-state index contributed by atoms with van der Waals surface area (Å²) in [7, 11) is 0. The largest absolute Gasteiger partial charge is 0.466 e. The lowest BCUT2D eigenvalue weighted by Gasteiger charge is -2.12. The molecule has 1 aromatic carbocycles. The van der Waals surface area contributed by atoms with E-state index in [1.165, 1.54) is 6.07 Å². The van der Waals surface area contributed by atoms with Gasteiger partial charge in [-0.3, -0.25) is 4.79 Å². The maximum atomic E-state index is 12.9. The Morgan fingerprint density at radius 3 is 2.58 bits per heavy atom. The first-order chi connectivity index (χ1) is 9.03. The Bertz CT molecular complexity index is 507. The minimum absolute atomic E-state index is 0.0148. The van der Waals surface area contributed by atoms with Crippen molar-refractivity contribution in [1.29, 1.82) is 5.26 Å². The number of rotatable bonds is 5. The molecule has 0 aliphatic rings. The Morgan fingerprint density at radius 2 is 2.11 bits per heavy atom. The first-order valence-corrected chi connectivity index (χ1v) is 6.03. The minimum Gasteiger partial charge on any atom is -0.466 e. The number of hydrogen-bond donors (Lipinski definition) is 0. The van der Waals surface area contributed by atoms with Crippen molar-refractivity contribution in [2.24, 2.45) is 0 Å². The molecule has 0 spiro atoms. The monoisotopic (exact) mass is 267 g/mol.